The molecule has 0 spiro atoms. The molecule has 1 aliphatic carbocycles. The molecule has 1 fully saturated rings. The lowest BCUT2D eigenvalue weighted by atomic mass is 9.94. The van der Waals surface area contributed by atoms with Crippen LogP contribution in [0.25, 0.3) is 0 Å². The van der Waals surface area contributed by atoms with Gasteiger partial charge in [0.1, 0.15) is 5.82 Å². The van der Waals surface area contributed by atoms with E-state index in [2.05, 4.69) is 88.8 Å². The monoisotopic (exact) mass is 607 g/mol. The van der Waals surface area contributed by atoms with Crippen LogP contribution in [-0.2, 0) is 23.1 Å². The predicted octanol–water partition coefficient (Wildman–Crippen LogP) is 6.87. The minimum absolute atomic E-state index is 0.244. The highest BCUT2D eigenvalue weighted by Crippen LogP contribution is 2.44. The Labute approximate surface area is 261 Å². The second-order valence-electron chi connectivity index (χ2n) is 12.3. The number of aromatic nitrogens is 2. The third-order valence-electron chi connectivity index (χ3n) is 9.30. The van der Waals surface area contributed by atoms with E-state index in [0.717, 1.165) is 43.0 Å². The molecule has 6 rings (SSSR count). The van der Waals surface area contributed by atoms with Crippen LogP contribution >= 0.6 is 0 Å². The van der Waals surface area contributed by atoms with Gasteiger partial charge in [0.15, 0.2) is 6.17 Å². The van der Waals surface area contributed by atoms with Gasteiger partial charge in [0.05, 0.1) is 10.9 Å². The van der Waals surface area contributed by atoms with Gasteiger partial charge in [0, 0.05) is 43.1 Å². The zero-order valence-corrected chi connectivity index (χ0v) is 26.5. The summed E-state index contributed by atoms with van der Waals surface area (Å²) in [5.74, 6) is 1.55. The third-order valence-corrected chi connectivity index (χ3v) is 11.1. The van der Waals surface area contributed by atoms with Crippen LogP contribution in [0.15, 0.2) is 113 Å². The first kappa shape index (κ1) is 30.0. The Morgan fingerprint density at radius 1 is 0.909 bits per heavy atom. The average molecular weight is 608 g/mol. The van der Waals surface area contributed by atoms with Crippen molar-refractivity contribution in [3.63, 3.8) is 0 Å². The lowest BCUT2D eigenvalue weighted by Crippen LogP contribution is -2.37. The first-order valence-corrected chi connectivity index (χ1v) is 16.8. The molecule has 44 heavy (non-hydrogen) atoms. The van der Waals surface area contributed by atoms with Gasteiger partial charge < -0.3 is 4.57 Å². The summed E-state index contributed by atoms with van der Waals surface area (Å²) in [6, 6.07) is 28.4. The summed E-state index contributed by atoms with van der Waals surface area (Å²) >= 11 is 0. The number of hydrogen-bond acceptors (Lipinski definition) is 5. The normalized spacial score (nSPS) is 23.5. The highest BCUT2D eigenvalue weighted by atomic mass is 32.2. The molecule has 1 aromatic heterocycles. The summed E-state index contributed by atoms with van der Waals surface area (Å²) < 4.78 is 30.9. The van der Waals surface area contributed by atoms with Crippen LogP contribution in [0, 0.1) is 19.8 Å². The molecule has 1 saturated carbocycles. The average Bonchev–Trinajstić information content (AvgIpc) is 3.74. The molecule has 0 N–H and O–H groups in total. The van der Waals surface area contributed by atoms with Gasteiger partial charge in [-0.3, -0.25) is 9.89 Å². The molecule has 1 aliphatic heterocycles. The highest BCUT2D eigenvalue weighted by Gasteiger charge is 2.42. The summed E-state index contributed by atoms with van der Waals surface area (Å²) in [6.45, 7) is 11.9. The SMILES string of the molecule is C=NC1C(n2c(C3CC(N(Cc4ccccc4)Cc4ccccc4)CC3C)cnc2C)C=CN1S(=O)(=O)c1ccc(C)cc1. The lowest BCUT2D eigenvalue weighted by molar-refractivity contribution is 0.176. The summed E-state index contributed by atoms with van der Waals surface area (Å²) in [4.78, 5) is 12.0. The zero-order chi connectivity index (χ0) is 30.8. The topological polar surface area (TPSA) is 70.8 Å². The molecule has 4 aromatic rings. The van der Waals surface area contributed by atoms with E-state index < -0.39 is 16.2 Å². The van der Waals surface area contributed by atoms with Crippen molar-refractivity contribution in [3.8, 4) is 0 Å². The van der Waals surface area contributed by atoms with Crippen LogP contribution in [-0.4, -0.2) is 46.1 Å². The molecule has 2 heterocycles. The molecule has 0 saturated heterocycles. The summed E-state index contributed by atoms with van der Waals surface area (Å²) in [5.41, 5.74) is 4.76. The molecule has 0 radical (unpaired) electrons. The maximum absolute atomic E-state index is 13.7. The van der Waals surface area contributed by atoms with Crippen LogP contribution in [0.1, 0.15) is 59.9 Å². The molecule has 8 heteroatoms. The van der Waals surface area contributed by atoms with Crippen molar-refractivity contribution in [1.29, 1.82) is 0 Å². The summed E-state index contributed by atoms with van der Waals surface area (Å²) in [6.07, 6.45) is 6.94. The van der Waals surface area contributed by atoms with Crippen LogP contribution < -0.4 is 0 Å². The Morgan fingerprint density at radius 2 is 1.52 bits per heavy atom. The molecule has 5 unspecified atom stereocenters. The van der Waals surface area contributed by atoms with E-state index in [4.69, 9.17) is 4.98 Å². The van der Waals surface area contributed by atoms with Crippen molar-refractivity contribution in [1.82, 2.24) is 18.8 Å². The number of hydrogen-bond donors (Lipinski definition) is 0. The summed E-state index contributed by atoms with van der Waals surface area (Å²) in [5, 5.41) is 0. The molecule has 2 aliphatic rings. The highest BCUT2D eigenvalue weighted by molar-refractivity contribution is 7.89. The number of imidazole rings is 1. The van der Waals surface area contributed by atoms with Gasteiger partial charge in [-0.05, 0) is 68.7 Å². The molecular formula is C36H41N5O2S. The van der Waals surface area contributed by atoms with Gasteiger partial charge in [-0.15, -0.1) is 0 Å². The molecule has 7 nitrogen and oxygen atoms in total. The maximum atomic E-state index is 13.7. The standard InChI is InChI=1S/C36H41N5O2S/c1-26-15-17-32(18-16-26)44(42,43)40-20-19-34(36(40)37-4)41-28(3)38-23-35(41)33-22-31(21-27(33)2)39(24-29-11-7-5-8-12-29)25-30-13-9-6-10-14-30/h5-20,23,27,31,33-34,36H,4,21-22,24-25H2,1-3H3. The quantitative estimate of drug-likeness (QED) is 0.185. The van der Waals surface area contributed by atoms with E-state index >= 15 is 0 Å². The summed E-state index contributed by atoms with van der Waals surface area (Å²) in [7, 11) is -3.80. The van der Waals surface area contributed by atoms with Gasteiger partial charge in [-0.25, -0.2) is 17.7 Å². The minimum Gasteiger partial charge on any atom is -0.321 e. The second-order valence-corrected chi connectivity index (χ2v) is 14.1. The molecule has 228 valence electrons. The molecule has 5 atom stereocenters. The Morgan fingerprint density at radius 3 is 2.11 bits per heavy atom. The van der Waals surface area contributed by atoms with E-state index in [0.29, 0.717) is 12.0 Å². The van der Waals surface area contributed by atoms with Crippen LogP contribution in [0.5, 0.6) is 0 Å². The predicted molar refractivity (Wildman–Crippen MR) is 176 cm³/mol. The molecule has 0 bridgehead atoms. The van der Waals surface area contributed by atoms with Crippen molar-refractivity contribution in [2.75, 3.05) is 0 Å². The van der Waals surface area contributed by atoms with Crippen molar-refractivity contribution in [2.24, 2.45) is 10.9 Å². The van der Waals surface area contributed by atoms with Crippen LogP contribution in [0.2, 0.25) is 0 Å². The van der Waals surface area contributed by atoms with Crippen molar-refractivity contribution in [3.05, 3.63) is 132 Å². The van der Waals surface area contributed by atoms with E-state index in [1.54, 1.807) is 18.3 Å². The number of benzene rings is 3. The zero-order valence-electron chi connectivity index (χ0n) is 25.7. The van der Waals surface area contributed by atoms with Crippen molar-refractivity contribution >= 4 is 16.7 Å². The van der Waals surface area contributed by atoms with Gasteiger partial charge in [-0.1, -0.05) is 85.3 Å². The first-order valence-electron chi connectivity index (χ1n) is 15.4. The number of sulfonamides is 1. The minimum atomic E-state index is -3.80. The van der Waals surface area contributed by atoms with E-state index in [9.17, 15) is 8.42 Å². The third kappa shape index (κ3) is 5.88. The Bertz CT molecular complexity index is 1680. The largest absolute Gasteiger partial charge is 0.321 e. The smallest absolute Gasteiger partial charge is 0.265 e. The Balaban J connectivity index is 1.27. The first-order chi connectivity index (χ1) is 21.3. The molecule has 0 amide bonds. The van der Waals surface area contributed by atoms with E-state index in [1.165, 1.54) is 15.4 Å². The Hall–Kier alpha value is -4.01. The van der Waals surface area contributed by atoms with Gasteiger partial charge >= 0.3 is 0 Å². The number of aliphatic imine (C=N–C) groups is 1. The second kappa shape index (κ2) is 12.5. The fraction of sp³-hybridized carbons (Fsp3) is 0.333. The number of rotatable bonds is 10. The lowest BCUT2D eigenvalue weighted by Gasteiger charge is -2.30. The fourth-order valence-corrected chi connectivity index (χ4v) is 8.41. The molecular weight excluding hydrogens is 566 g/mol. The van der Waals surface area contributed by atoms with E-state index in [1.807, 2.05) is 38.3 Å². The number of aryl methyl sites for hydroxylation is 2. The molecule has 3 aromatic carbocycles. The van der Waals surface area contributed by atoms with Crippen molar-refractivity contribution in [2.45, 2.75) is 75.8 Å². The van der Waals surface area contributed by atoms with Gasteiger partial charge in [0.25, 0.3) is 10.0 Å². The fourth-order valence-electron chi connectivity index (χ4n) is 6.98. The van der Waals surface area contributed by atoms with Crippen LogP contribution in [0.3, 0.4) is 0 Å². The van der Waals surface area contributed by atoms with Crippen LogP contribution in [0.4, 0.5) is 0 Å². The van der Waals surface area contributed by atoms with Gasteiger partial charge in [0.2, 0.25) is 0 Å². The maximum Gasteiger partial charge on any atom is 0.265 e. The van der Waals surface area contributed by atoms with Gasteiger partial charge in [-0.2, -0.15) is 0 Å². The Kier molecular flexibility index (Phi) is 8.56. The van der Waals surface area contributed by atoms with Crippen molar-refractivity contribution < 1.29 is 8.42 Å². The van der Waals surface area contributed by atoms with E-state index in [-0.39, 0.29) is 16.9 Å². The number of nitrogens with zero attached hydrogens (tertiary/aromatic N) is 5.